The van der Waals surface area contributed by atoms with Gasteiger partial charge in [-0.15, -0.1) is 0 Å². The number of sulfonamides is 1. The van der Waals surface area contributed by atoms with Crippen molar-refractivity contribution in [2.75, 3.05) is 53.1 Å². The van der Waals surface area contributed by atoms with Crippen molar-refractivity contribution in [2.24, 2.45) is 0 Å². The minimum atomic E-state index is -3.72. The standard InChI is InChI=1S/C24H25N3O7S/c1-31-22-16-18(2-5-20(22)32-13-8-25)3-7-24(28)26-9-11-27(12-10-26)35(29,30)19-4-6-21-23(17-19)34-15-14-33-21/h2-7,16-17H,9-15H2,1H3/b7-3+. The molecule has 0 aromatic heterocycles. The molecule has 184 valence electrons. The maximum absolute atomic E-state index is 13.1. The number of carbonyl (C=O) groups excluding carboxylic acids is 1. The lowest BCUT2D eigenvalue weighted by atomic mass is 10.2. The maximum Gasteiger partial charge on any atom is 0.246 e. The molecule has 1 saturated heterocycles. The van der Waals surface area contributed by atoms with Crippen LogP contribution in [0.2, 0.25) is 0 Å². The molecular weight excluding hydrogens is 474 g/mol. The molecule has 0 N–H and O–H groups in total. The average Bonchev–Trinajstić information content (AvgIpc) is 2.90. The molecule has 10 nitrogen and oxygen atoms in total. The Morgan fingerprint density at radius 2 is 1.80 bits per heavy atom. The van der Waals surface area contributed by atoms with Gasteiger partial charge in [-0.2, -0.15) is 9.57 Å². The number of methoxy groups -OCH3 is 1. The zero-order valence-corrected chi connectivity index (χ0v) is 20.0. The average molecular weight is 500 g/mol. The van der Waals surface area contributed by atoms with Gasteiger partial charge in [-0.1, -0.05) is 6.07 Å². The summed E-state index contributed by atoms with van der Waals surface area (Å²) in [7, 11) is -2.23. The monoisotopic (exact) mass is 499 g/mol. The fraction of sp³-hybridized carbons (Fsp3) is 0.333. The van der Waals surface area contributed by atoms with E-state index in [1.807, 2.05) is 6.07 Å². The van der Waals surface area contributed by atoms with Crippen LogP contribution in [-0.4, -0.2) is 76.6 Å². The first kappa shape index (κ1) is 24.4. The molecule has 2 aliphatic heterocycles. The van der Waals surface area contributed by atoms with Crippen molar-refractivity contribution >= 4 is 22.0 Å². The van der Waals surface area contributed by atoms with Crippen LogP contribution in [0.4, 0.5) is 0 Å². The number of nitrogens with zero attached hydrogens (tertiary/aromatic N) is 3. The summed E-state index contributed by atoms with van der Waals surface area (Å²) in [5, 5.41) is 8.66. The highest BCUT2D eigenvalue weighted by Crippen LogP contribution is 2.33. The number of hydrogen-bond donors (Lipinski definition) is 0. The molecule has 35 heavy (non-hydrogen) atoms. The van der Waals surface area contributed by atoms with Crippen LogP contribution >= 0.6 is 0 Å². The van der Waals surface area contributed by atoms with Gasteiger partial charge in [-0.3, -0.25) is 4.79 Å². The van der Waals surface area contributed by atoms with E-state index in [0.29, 0.717) is 36.2 Å². The van der Waals surface area contributed by atoms with E-state index in [0.717, 1.165) is 5.56 Å². The Balaban J connectivity index is 1.36. The second kappa shape index (κ2) is 10.7. The van der Waals surface area contributed by atoms with Crippen molar-refractivity contribution in [2.45, 2.75) is 4.90 Å². The number of hydrogen-bond acceptors (Lipinski definition) is 8. The first-order chi connectivity index (χ1) is 16.9. The summed E-state index contributed by atoms with van der Waals surface area (Å²) in [6.07, 6.45) is 3.09. The summed E-state index contributed by atoms with van der Waals surface area (Å²) >= 11 is 0. The van der Waals surface area contributed by atoms with Gasteiger partial charge >= 0.3 is 0 Å². The van der Waals surface area contributed by atoms with Gasteiger partial charge in [0.2, 0.25) is 15.9 Å². The molecule has 0 aliphatic carbocycles. The summed E-state index contributed by atoms with van der Waals surface area (Å²) in [6.45, 7) is 1.63. The highest BCUT2D eigenvalue weighted by Gasteiger charge is 2.30. The number of ether oxygens (including phenoxy) is 4. The third-order valence-corrected chi connectivity index (χ3v) is 7.49. The van der Waals surface area contributed by atoms with E-state index in [-0.39, 0.29) is 43.6 Å². The molecule has 1 amide bonds. The van der Waals surface area contributed by atoms with Crippen LogP contribution in [0.15, 0.2) is 47.4 Å². The highest BCUT2D eigenvalue weighted by molar-refractivity contribution is 7.89. The van der Waals surface area contributed by atoms with Gasteiger partial charge < -0.3 is 23.8 Å². The van der Waals surface area contributed by atoms with Gasteiger partial charge in [0.05, 0.1) is 12.0 Å². The van der Waals surface area contributed by atoms with E-state index < -0.39 is 10.0 Å². The van der Waals surface area contributed by atoms with Gasteiger partial charge in [-0.25, -0.2) is 8.42 Å². The van der Waals surface area contributed by atoms with E-state index in [4.69, 9.17) is 24.2 Å². The van der Waals surface area contributed by atoms with Crippen LogP contribution in [0.3, 0.4) is 0 Å². The van der Waals surface area contributed by atoms with E-state index in [2.05, 4.69) is 0 Å². The van der Waals surface area contributed by atoms with Crippen LogP contribution in [0.1, 0.15) is 5.56 Å². The van der Waals surface area contributed by atoms with Gasteiger partial charge in [0.1, 0.15) is 19.3 Å². The van der Waals surface area contributed by atoms with Crippen molar-refractivity contribution in [1.82, 2.24) is 9.21 Å². The molecule has 2 aromatic carbocycles. The number of carbonyl (C=O) groups is 1. The molecule has 4 rings (SSSR count). The van der Waals surface area contributed by atoms with Crippen LogP contribution in [0.25, 0.3) is 6.08 Å². The SMILES string of the molecule is COc1cc(/C=C/C(=O)N2CCN(S(=O)(=O)c3ccc4c(c3)OCCO4)CC2)ccc1OCC#N. The third kappa shape index (κ3) is 5.50. The van der Waals surface area contributed by atoms with E-state index >= 15 is 0 Å². The molecule has 2 aliphatic rings. The van der Waals surface area contributed by atoms with E-state index in [1.54, 1.807) is 35.2 Å². The van der Waals surface area contributed by atoms with Gasteiger partial charge in [0.25, 0.3) is 0 Å². The first-order valence-electron chi connectivity index (χ1n) is 11.0. The molecule has 11 heteroatoms. The zero-order chi connectivity index (χ0) is 24.8. The van der Waals surface area contributed by atoms with Crippen molar-refractivity contribution in [3.05, 3.63) is 48.0 Å². The summed E-state index contributed by atoms with van der Waals surface area (Å²) in [5.74, 6) is 1.61. The van der Waals surface area contributed by atoms with Gasteiger partial charge in [0, 0.05) is 38.3 Å². The molecule has 0 radical (unpaired) electrons. The minimum absolute atomic E-state index is 0.0968. The first-order valence-corrected chi connectivity index (χ1v) is 12.4. The minimum Gasteiger partial charge on any atom is -0.493 e. The largest absolute Gasteiger partial charge is 0.493 e. The fourth-order valence-electron chi connectivity index (χ4n) is 3.77. The summed E-state index contributed by atoms with van der Waals surface area (Å²) in [4.78, 5) is 14.4. The molecule has 0 saturated carbocycles. The maximum atomic E-state index is 13.1. The molecular formula is C24H25N3O7S. The molecule has 0 spiro atoms. The number of nitriles is 1. The Morgan fingerprint density at radius 3 is 2.51 bits per heavy atom. The molecule has 0 bridgehead atoms. The summed E-state index contributed by atoms with van der Waals surface area (Å²) in [5.41, 5.74) is 0.722. The fourth-order valence-corrected chi connectivity index (χ4v) is 5.21. The van der Waals surface area contributed by atoms with Gasteiger partial charge in [-0.05, 0) is 35.9 Å². The number of benzene rings is 2. The lowest BCUT2D eigenvalue weighted by molar-refractivity contribution is -0.127. The topological polar surface area (TPSA) is 118 Å². The van der Waals surface area contributed by atoms with Crippen molar-refractivity contribution in [1.29, 1.82) is 5.26 Å². The third-order valence-electron chi connectivity index (χ3n) is 5.60. The Bertz CT molecular complexity index is 1260. The van der Waals surface area contributed by atoms with Crippen LogP contribution in [-0.2, 0) is 14.8 Å². The number of rotatable bonds is 7. The van der Waals surface area contributed by atoms with Crippen molar-refractivity contribution in [3.63, 3.8) is 0 Å². The lowest BCUT2D eigenvalue weighted by Crippen LogP contribution is -2.50. The smallest absolute Gasteiger partial charge is 0.246 e. The zero-order valence-electron chi connectivity index (χ0n) is 19.2. The molecule has 2 aromatic rings. The number of fused-ring (bicyclic) bond motifs is 1. The van der Waals surface area contributed by atoms with Crippen molar-refractivity contribution in [3.8, 4) is 29.1 Å². The number of amides is 1. The van der Waals surface area contributed by atoms with Crippen LogP contribution < -0.4 is 18.9 Å². The van der Waals surface area contributed by atoms with Crippen molar-refractivity contribution < 1.29 is 32.2 Å². The molecule has 0 unspecified atom stereocenters. The van der Waals surface area contributed by atoms with Gasteiger partial charge in [0.15, 0.2) is 29.6 Å². The Hall–Kier alpha value is -3.75. The second-order valence-electron chi connectivity index (χ2n) is 7.73. The Labute approximate surface area is 203 Å². The quantitative estimate of drug-likeness (QED) is 0.530. The lowest BCUT2D eigenvalue weighted by Gasteiger charge is -2.33. The Kier molecular flexibility index (Phi) is 7.43. The summed E-state index contributed by atoms with van der Waals surface area (Å²) < 4.78 is 49.1. The van der Waals surface area contributed by atoms with E-state index in [1.165, 1.54) is 29.6 Å². The van der Waals surface area contributed by atoms with Crippen LogP contribution in [0, 0.1) is 11.3 Å². The predicted octanol–water partition coefficient (Wildman–Crippen LogP) is 1.92. The number of piperazine rings is 1. The predicted molar refractivity (Wildman–Crippen MR) is 126 cm³/mol. The molecule has 0 atom stereocenters. The van der Waals surface area contributed by atoms with E-state index in [9.17, 15) is 13.2 Å². The van der Waals surface area contributed by atoms with Crippen LogP contribution in [0.5, 0.6) is 23.0 Å². The normalized spacial score (nSPS) is 16.1. The Morgan fingerprint density at radius 1 is 1.06 bits per heavy atom. The molecule has 1 fully saturated rings. The highest BCUT2D eigenvalue weighted by atomic mass is 32.2. The summed E-state index contributed by atoms with van der Waals surface area (Å²) in [6, 6.07) is 11.6. The second-order valence-corrected chi connectivity index (χ2v) is 9.66. The molecule has 2 heterocycles.